The predicted octanol–water partition coefficient (Wildman–Crippen LogP) is 5.61. The van der Waals surface area contributed by atoms with Crippen molar-refractivity contribution in [2.75, 3.05) is 6.54 Å². The smallest absolute Gasteiger partial charge is 0.254 e. The molecule has 27 heavy (non-hydrogen) atoms. The van der Waals surface area contributed by atoms with Gasteiger partial charge >= 0.3 is 0 Å². The van der Waals surface area contributed by atoms with Crippen molar-refractivity contribution in [2.45, 2.75) is 45.6 Å². The Morgan fingerprint density at radius 2 is 1.89 bits per heavy atom. The van der Waals surface area contributed by atoms with E-state index in [0.29, 0.717) is 6.04 Å². The first kappa shape index (κ1) is 17.7. The minimum Gasteiger partial charge on any atom is -0.336 e. The van der Waals surface area contributed by atoms with Gasteiger partial charge in [-0.3, -0.25) is 4.79 Å². The van der Waals surface area contributed by atoms with Gasteiger partial charge in [-0.05, 0) is 44.7 Å². The van der Waals surface area contributed by atoms with Gasteiger partial charge in [-0.25, -0.2) is 4.98 Å². The van der Waals surface area contributed by atoms with Crippen molar-refractivity contribution in [3.05, 3.63) is 65.7 Å². The number of hydrogen-bond acceptors (Lipinski definition) is 2. The molecule has 0 N–H and O–H groups in total. The second kappa shape index (κ2) is 7.51. The van der Waals surface area contributed by atoms with E-state index in [1.54, 1.807) is 0 Å². The van der Waals surface area contributed by atoms with Crippen LogP contribution in [-0.2, 0) is 0 Å². The molecule has 1 fully saturated rings. The Bertz CT molecular complexity index is 962. The molecule has 0 bridgehead atoms. The zero-order valence-electron chi connectivity index (χ0n) is 16.1. The Balaban J connectivity index is 1.83. The number of fused-ring (bicyclic) bond motifs is 1. The Kier molecular flexibility index (Phi) is 4.93. The standard InChI is InChI=1S/C24H26N2O/c1-3-19-8-6-7-15-26(19)24(27)21-16-23(18-13-11-17(2)12-14-18)25-22-10-5-4-9-20(21)22/h4-5,9-14,16,19H,3,6-8,15H2,1-2H3. The maximum atomic E-state index is 13.5. The topological polar surface area (TPSA) is 33.2 Å². The second-order valence-corrected chi connectivity index (χ2v) is 7.49. The molecule has 1 unspecified atom stereocenters. The van der Waals surface area contributed by atoms with Crippen LogP contribution in [0.5, 0.6) is 0 Å². The molecular formula is C24H26N2O. The number of rotatable bonds is 3. The van der Waals surface area contributed by atoms with E-state index < -0.39 is 0 Å². The van der Waals surface area contributed by atoms with Crippen molar-refractivity contribution in [3.8, 4) is 11.3 Å². The van der Waals surface area contributed by atoms with Gasteiger partial charge in [0.05, 0.1) is 16.8 Å². The molecule has 138 valence electrons. The Morgan fingerprint density at radius 1 is 1.11 bits per heavy atom. The molecule has 1 atom stereocenters. The number of carbonyl (C=O) groups is 1. The quantitative estimate of drug-likeness (QED) is 0.609. The van der Waals surface area contributed by atoms with E-state index in [0.717, 1.165) is 53.5 Å². The number of piperidine rings is 1. The summed E-state index contributed by atoms with van der Waals surface area (Å²) in [5.41, 5.74) is 4.78. The number of benzene rings is 2. The number of nitrogens with zero attached hydrogens (tertiary/aromatic N) is 2. The van der Waals surface area contributed by atoms with Crippen molar-refractivity contribution in [1.82, 2.24) is 9.88 Å². The lowest BCUT2D eigenvalue weighted by molar-refractivity contribution is 0.0610. The fourth-order valence-electron chi connectivity index (χ4n) is 4.07. The number of para-hydroxylation sites is 1. The molecule has 2 aromatic carbocycles. The highest BCUT2D eigenvalue weighted by molar-refractivity contribution is 6.07. The average Bonchev–Trinajstić information content (AvgIpc) is 2.73. The largest absolute Gasteiger partial charge is 0.336 e. The van der Waals surface area contributed by atoms with E-state index in [2.05, 4.69) is 43.0 Å². The third-order valence-electron chi connectivity index (χ3n) is 5.65. The predicted molar refractivity (Wildman–Crippen MR) is 111 cm³/mol. The first-order valence-corrected chi connectivity index (χ1v) is 9.95. The molecule has 1 aliphatic rings. The molecule has 1 aromatic heterocycles. The van der Waals surface area contributed by atoms with Gasteiger partial charge in [0.1, 0.15) is 0 Å². The highest BCUT2D eigenvalue weighted by Gasteiger charge is 2.27. The molecule has 0 spiro atoms. The van der Waals surface area contributed by atoms with E-state index in [1.807, 2.05) is 30.3 Å². The zero-order chi connectivity index (χ0) is 18.8. The first-order valence-electron chi connectivity index (χ1n) is 9.95. The van der Waals surface area contributed by atoms with Crippen molar-refractivity contribution in [3.63, 3.8) is 0 Å². The SMILES string of the molecule is CCC1CCCCN1C(=O)c1cc(-c2ccc(C)cc2)nc2ccccc12. The van der Waals surface area contributed by atoms with E-state index in [4.69, 9.17) is 4.98 Å². The molecule has 1 aliphatic heterocycles. The third-order valence-corrected chi connectivity index (χ3v) is 5.65. The lowest BCUT2D eigenvalue weighted by Crippen LogP contribution is -2.43. The molecule has 1 saturated heterocycles. The van der Waals surface area contributed by atoms with Gasteiger partial charge in [-0.15, -0.1) is 0 Å². The van der Waals surface area contributed by atoms with Crippen LogP contribution in [0.2, 0.25) is 0 Å². The summed E-state index contributed by atoms with van der Waals surface area (Å²) in [6.07, 6.45) is 4.43. The fourth-order valence-corrected chi connectivity index (χ4v) is 4.07. The molecule has 3 nitrogen and oxygen atoms in total. The minimum atomic E-state index is 0.147. The number of likely N-dealkylation sites (tertiary alicyclic amines) is 1. The number of amides is 1. The summed E-state index contributed by atoms with van der Waals surface area (Å²) < 4.78 is 0. The molecular weight excluding hydrogens is 332 g/mol. The summed E-state index contributed by atoms with van der Waals surface area (Å²) in [6, 6.07) is 18.6. The van der Waals surface area contributed by atoms with Crippen LogP contribution in [0.3, 0.4) is 0 Å². The number of hydrogen-bond donors (Lipinski definition) is 0. The Hall–Kier alpha value is -2.68. The fraction of sp³-hybridized carbons (Fsp3) is 0.333. The van der Waals surface area contributed by atoms with Crippen molar-refractivity contribution < 1.29 is 4.79 Å². The normalized spacial score (nSPS) is 17.3. The van der Waals surface area contributed by atoms with Crippen LogP contribution in [0.4, 0.5) is 0 Å². The van der Waals surface area contributed by atoms with Gasteiger partial charge in [-0.1, -0.05) is 55.0 Å². The summed E-state index contributed by atoms with van der Waals surface area (Å²) in [5, 5.41) is 0.943. The number of pyridine rings is 1. The highest BCUT2D eigenvalue weighted by Crippen LogP contribution is 2.28. The lowest BCUT2D eigenvalue weighted by atomic mass is 9.97. The van der Waals surface area contributed by atoms with Crippen LogP contribution in [0.15, 0.2) is 54.6 Å². The molecule has 1 amide bonds. The van der Waals surface area contributed by atoms with Gasteiger partial charge < -0.3 is 4.90 Å². The minimum absolute atomic E-state index is 0.147. The van der Waals surface area contributed by atoms with Gasteiger partial charge in [0.15, 0.2) is 0 Å². The monoisotopic (exact) mass is 358 g/mol. The van der Waals surface area contributed by atoms with Crippen LogP contribution in [0.1, 0.15) is 48.5 Å². The third kappa shape index (κ3) is 3.46. The van der Waals surface area contributed by atoms with Crippen LogP contribution >= 0.6 is 0 Å². The molecule has 0 radical (unpaired) electrons. The molecule has 0 aliphatic carbocycles. The lowest BCUT2D eigenvalue weighted by Gasteiger charge is -2.35. The molecule has 0 saturated carbocycles. The summed E-state index contributed by atoms with van der Waals surface area (Å²) in [6.45, 7) is 5.11. The average molecular weight is 358 g/mol. The summed E-state index contributed by atoms with van der Waals surface area (Å²) in [4.78, 5) is 20.4. The maximum absolute atomic E-state index is 13.5. The van der Waals surface area contributed by atoms with Crippen molar-refractivity contribution >= 4 is 16.8 Å². The Labute approximate surface area is 161 Å². The molecule has 3 heteroatoms. The molecule has 3 aromatic rings. The van der Waals surface area contributed by atoms with Gasteiger partial charge in [0.25, 0.3) is 5.91 Å². The second-order valence-electron chi connectivity index (χ2n) is 7.49. The zero-order valence-corrected chi connectivity index (χ0v) is 16.1. The van der Waals surface area contributed by atoms with E-state index in [9.17, 15) is 4.79 Å². The van der Waals surface area contributed by atoms with Gasteiger partial charge in [-0.2, -0.15) is 0 Å². The molecule has 2 heterocycles. The summed E-state index contributed by atoms with van der Waals surface area (Å²) >= 11 is 0. The van der Waals surface area contributed by atoms with E-state index >= 15 is 0 Å². The summed E-state index contributed by atoms with van der Waals surface area (Å²) in [7, 11) is 0. The maximum Gasteiger partial charge on any atom is 0.254 e. The number of carbonyl (C=O) groups excluding carboxylic acids is 1. The van der Waals surface area contributed by atoms with Crippen molar-refractivity contribution in [2.24, 2.45) is 0 Å². The number of aromatic nitrogens is 1. The molecule has 4 rings (SSSR count). The first-order chi connectivity index (χ1) is 13.2. The van der Waals surface area contributed by atoms with E-state index in [-0.39, 0.29) is 5.91 Å². The van der Waals surface area contributed by atoms with Crippen molar-refractivity contribution in [1.29, 1.82) is 0 Å². The van der Waals surface area contributed by atoms with Crippen LogP contribution < -0.4 is 0 Å². The van der Waals surface area contributed by atoms with E-state index in [1.165, 1.54) is 12.0 Å². The number of aryl methyl sites for hydroxylation is 1. The van der Waals surface area contributed by atoms with Crippen LogP contribution in [0, 0.1) is 6.92 Å². The van der Waals surface area contributed by atoms with Gasteiger partial charge in [0, 0.05) is 23.5 Å². The van der Waals surface area contributed by atoms with Crippen LogP contribution in [0.25, 0.3) is 22.2 Å². The Morgan fingerprint density at radius 3 is 2.67 bits per heavy atom. The van der Waals surface area contributed by atoms with Crippen LogP contribution in [-0.4, -0.2) is 28.4 Å². The summed E-state index contributed by atoms with van der Waals surface area (Å²) in [5.74, 6) is 0.147. The highest BCUT2D eigenvalue weighted by atomic mass is 16.2. The van der Waals surface area contributed by atoms with Gasteiger partial charge in [0.2, 0.25) is 0 Å².